The van der Waals surface area contributed by atoms with Gasteiger partial charge in [-0.25, -0.2) is 31.7 Å². The van der Waals surface area contributed by atoms with Gasteiger partial charge in [0.2, 0.25) is 37.8 Å². The normalized spacial score (nSPS) is 11.3. The first-order valence-corrected chi connectivity index (χ1v) is 17.7. The lowest BCUT2D eigenvalue weighted by Crippen LogP contribution is -2.35. The number of alkyl halides is 2. The van der Waals surface area contributed by atoms with Gasteiger partial charge in [-0.05, 0) is 48.5 Å². The number of nitrogens with two attached hydrogens (primary N) is 1. The van der Waals surface area contributed by atoms with E-state index < -0.39 is 20.0 Å². The summed E-state index contributed by atoms with van der Waals surface area (Å²) in [7, 11) is -3.19. The maximum absolute atomic E-state index is 12.4. The number of carbonyl (C=O) groups is 2. The van der Waals surface area contributed by atoms with Gasteiger partial charge >= 0.3 is 0 Å². The molecule has 0 bridgehead atoms. The van der Waals surface area contributed by atoms with Gasteiger partial charge in [-0.2, -0.15) is 0 Å². The number of nitrogens with one attached hydrogen (secondary N) is 3. The second-order valence-electron chi connectivity index (χ2n) is 8.73. The summed E-state index contributed by atoms with van der Waals surface area (Å²) in [6, 6.07) is 14.2. The molecule has 0 spiro atoms. The van der Waals surface area contributed by atoms with E-state index in [0.29, 0.717) is 17.2 Å². The molecule has 42 heavy (non-hydrogen) atoms. The minimum Gasteiger partial charge on any atom is -0.436 e. The van der Waals surface area contributed by atoms with E-state index >= 15 is 0 Å². The second-order valence-corrected chi connectivity index (χ2v) is 13.3. The number of sulfonamides is 2. The fraction of sp³-hybridized carbons (Fsp3) is 0.320. The SMILES string of the molecule is CN(C)c1ccc(-c2cnc(-c3ccc(S(=O)(=O)NCCNC(=O)CBr)cc3)o2)cc1.NS(=O)(=O)CCNC(=O)CBr. The third-order valence-electron chi connectivity index (χ3n) is 5.28. The van der Waals surface area contributed by atoms with Crippen LogP contribution in [-0.4, -0.2) is 83.8 Å². The number of anilines is 1. The van der Waals surface area contributed by atoms with E-state index in [0.717, 1.165) is 11.3 Å². The molecular formula is C25H32Br2N6O7S2. The molecule has 0 atom stereocenters. The molecule has 1 aromatic heterocycles. The molecule has 0 aliphatic carbocycles. The van der Waals surface area contributed by atoms with Crippen molar-refractivity contribution >= 4 is 69.4 Å². The maximum atomic E-state index is 12.4. The van der Waals surface area contributed by atoms with E-state index in [1.807, 2.05) is 43.3 Å². The molecule has 1 heterocycles. The van der Waals surface area contributed by atoms with Crippen LogP contribution in [0.15, 0.2) is 64.0 Å². The predicted molar refractivity (Wildman–Crippen MR) is 168 cm³/mol. The van der Waals surface area contributed by atoms with Gasteiger partial charge in [-0.1, -0.05) is 31.9 Å². The van der Waals surface area contributed by atoms with Crippen LogP contribution < -0.4 is 25.4 Å². The molecule has 0 aliphatic heterocycles. The predicted octanol–water partition coefficient (Wildman–Crippen LogP) is 1.65. The van der Waals surface area contributed by atoms with Crippen LogP contribution in [0.2, 0.25) is 0 Å². The Morgan fingerprint density at radius 2 is 1.40 bits per heavy atom. The van der Waals surface area contributed by atoms with E-state index in [9.17, 15) is 26.4 Å². The van der Waals surface area contributed by atoms with Gasteiger partial charge < -0.3 is 20.0 Å². The average molecular weight is 753 g/mol. The first-order chi connectivity index (χ1) is 19.8. The van der Waals surface area contributed by atoms with Crippen molar-refractivity contribution in [2.24, 2.45) is 5.14 Å². The third-order valence-corrected chi connectivity index (χ3v) is 8.54. The summed E-state index contributed by atoms with van der Waals surface area (Å²) in [5, 5.41) is 9.93. The Hall–Kier alpha value is -2.83. The van der Waals surface area contributed by atoms with Crippen LogP contribution in [0.1, 0.15) is 0 Å². The number of nitrogens with zero attached hydrogens (tertiary/aromatic N) is 2. The Balaban J connectivity index is 0.000000476. The number of rotatable bonds is 13. The molecule has 3 aromatic rings. The van der Waals surface area contributed by atoms with Crippen molar-refractivity contribution in [3.05, 3.63) is 54.7 Å². The van der Waals surface area contributed by atoms with E-state index in [2.05, 4.69) is 57.3 Å². The minimum atomic E-state index is -3.68. The van der Waals surface area contributed by atoms with Crippen LogP contribution in [0.5, 0.6) is 0 Å². The van der Waals surface area contributed by atoms with Crippen molar-refractivity contribution in [2.75, 3.05) is 55.0 Å². The maximum Gasteiger partial charge on any atom is 0.240 e. The molecule has 0 fully saturated rings. The van der Waals surface area contributed by atoms with Gasteiger partial charge in [0.25, 0.3) is 0 Å². The Morgan fingerprint density at radius 3 is 1.93 bits per heavy atom. The molecule has 0 aliphatic rings. The molecule has 2 aromatic carbocycles. The van der Waals surface area contributed by atoms with Crippen LogP contribution in [0, 0.1) is 0 Å². The summed E-state index contributed by atoms with van der Waals surface area (Å²) < 4.78 is 53.7. The molecule has 230 valence electrons. The van der Waals surface area contributed by atoms with E-state index in [1.54, 1.807) is 18.3 Å². The van der Waals surface area contributed by atoms with E-state index in [1.165, 1.54) is 12.1 Å². The highest BCUT2D eigenvalue weighted by Crippen LogP contribution is 2.28. The van der Waals surface area contributed by atoms with E-state index in [4.69, 9.17) is 4.42 Å². The second kappa shape index (κ2) is 16.7. The first kappa shape index (κ1) is 35.4. The van der Waals surface area contributed by atoms with Crippen molar-refractivity contribution in [1.29, 1.82) is 0 Å². The summed E-state index contributed by atoms with van der Waals surface area (Å²) >= 11 is 5.93. The number of primary sulfonamides is 1. The first-order valence-electron chi connectivity index (χ1n) is 12.2. The number of carbonyl (C=O) groups excluding carboxylic acids is 2. The molecule has 3 rings (SSSR count). The Morgan fingerprint density at radius 1 is 0.857 bits per heavy atom. The standard InChI is InChI=1S/C21H23BrN4O4S.C4H9BrN2O3S/c1-26(2)17-7-3-15(4-8-17)19-14-24-21(30-19)16-5-9-18(10-6-16)31(28,29)25-12-11-23-20(27)13-22;5-3-4(8)7-1-2-11(6,9)10/h3-10,14,25H,11-13H2,1-2H3,(H,23,27);1-3H2,(H,7,8)(H2,6,9,10). The number of oxazole rings is 1. The number of benzene rings is 2. The molecule has 0 radical (unpaired) electrons. The lowest BCUT2D eigenvalue weighted by Gasteiger charge is -2.11. The van der Waals surface area contributed by atoms with Crippen LogP contribution in [-0.2, 0) is 29.6 Å². The topological polar surface area (TPSA) is 194 Å². The lowest BCUT2D eigenvalue weighted by molar-refractivity contribution is -0.119. The zero-order valence-corrected chi connectivity index (χ0v) is 27.6. The molecule has 5 N–H and O–H groups in total. The average Bonchev–Trinajstić information content (AvgIpc) is 3.45. The Bertz CT molecular complexity index is 1530. The fourth-order valence-electron chi connectivity index (χ4n) is 3.14. The molecule has 13 nitrogen and oxygen atoms in total. The zero-order chi connectivity index (χ0) is 31.3. The van der Waals surface area contributed by atoms with Crippen molar-refractivity contribution in [3.63, 3.8) is 0 Å². The summed E-state index contributed by atoms with van der Waals surface area (Å²) in [5.41, 5.74) is 2.65. The molecule has 0 saturated carbocycles. The van der Waals surface area contributed by atoms with Crippen LogP contribution in [0.4, 0.5) is 5.69 Å². The summed E-state index contributed by atoms with van der Waals surface area (Å²) in [6.45, 7) is 0.359. The van der Waals surface area contributed by atoms with Gasteiger partial charge in [-0.3, -0.25) is 9.59 Å². The summed E-state index contributed by atoms with van der Waals surface area (Å²) in [4.78, 5) is 28.1. The lowest BCUT2D eigenvalue weighted by atomic mass is 10.1. The smallest absolute Gasteiger partial charge is 0.240 e. The number of aromatic nitrogens is 1. The summed E-state index contributed by atoms with van der Waals surface area (Å²) in [5.74, 6) is 0.340. The van der Waals surface area contributed by atoms with Gasteiger partial charge in [0.1, 0.15) is 0 Å². The van der Waals surface area contributed by atoms with Crippen LogP contribution in [0.25, 0.3) is 22.8 Å². The Labute approximate surface area is 262 Å². The van der Waals surface area contributed by atoms with Crippen molar-refractivity contribution in [3.8, 4) is 22.8 Å². The van der Waals surface area contributed by atoms with E-state index in [-0.39, 0.29) is 52.8 Å². The number of halogens is 2. The molecule has 17 heteroatoms. The van der Waals surface area contributed by atoms with Crippen molar-refractivity contribution < 1.29 is 30.8 Å². The highest BCUT2D eigenvalue weighted by molar-refractivity contribution is 9.09. The van der Waals surface area contributed by atoms with Crippen molar-refractivity contribution in [1.82, 2.24) is 20.3 Å². The minimum absolute atomic E-state index is 0.0588. The number of hydrogen-bond acceptors (Lipinski definition) is 9. The number of amides is 2. The molecular weight excluding hydrogens is 720 g/mol. The zero-order valence-electron chi connectivity index (χ0n) is 22.8. The fourth-order valence-corrected chi connectivity index (χ4v) is 4.95. The molecule has 2 amide bonds. The van der Waals surface area contributed by atoms with Gasteiger partial charge in [0.15, 0.2) is 5.76 Å². The van der Waals surface area contributed by atoms with Gasteiger partial charge in [-0.15, -0.1) is 0 Å². The Kier molecular flexibility index (Phi) is 14.1. The highest BCUT2D eigenvalue weighted by Gasteiger charge is 2.15. The largest absolute Gasteiger partial charge is 0.436 e. The quantitative estimate of drug-likeness (QED) is 0.148. The van der Waals surface area contributed by atoms with Crippen molar-refractivity contribution in [2.45, 2.75) is 4.90 Å². The highest BCUT2D eigenvalue weighted by atomic mass is 79.9. The van der Waals surface area contributed by atoms with Gasteiger partial charge in [0, 0.05) is 50.5 Å². The molecule has 0 saturated heterocycles. The third kappa shape index (κ3) is 12.2. The molecule has 0 unspecified atom stereocenters. The number of hydrogen-bond donors (Lipinski definition) is 4. The summed E-state index contributed by atoms with van der Waals surface area (Å²) in [6.07, 6.45) is 1.65. The van der Waals surface area contributed by atoms with Crippen LogP contribution in [0.3, 0.4) is 0 Å². The van der Waals surface area contributed by atoms with Crippen LogP contribution >= 0.6 is 31.9 Å². The van der Waals surface area contributed by atoms with Gasteiger partial charge in [0.05, 0.1) is 27.5 Å². The monoisotopic (exact) mass is 750 g/mol.